The molecule has 2 N–H and O–H groups in total. The number of hydrogen-bond donors (Lipinski definition) is 2. The minimum absolute atomic E-state index is 0.0649. The lowest BCUT2D eigenvalue weighted by Gasteiger charge is -2.30. The zero-order valence-corrected chi connectivity index (χ0v) is 28.6. The highest BCUT2D eigenvalue weighted by Crippen LogP contribution is 2.46. The molecular formula is C37H45N5O7. The molecule has 0 radical (unpaired) electrons. The van der Waals surface area contributed by atoms with Crippen molar-refractivity contribution in [3.63, 3.8) is 0 Å². The van der Waals surface area contributed by atoms with Crippen molar-refractivity contribution in [3.8, 4) is 5.88 Å². The van der Waals surface area contributed by atoms with Crippen LogP contribution < -0.4 is 15.4 Å². The van der Waals surface area contributed by atoms with Crippen molar-refractivity contribution in [3.05, 3.63) is 54.7 Å². The Hall–Kier alpha value is -4.74. The van der Waals surface area contributed by atoms with Gasteiger partial charge < -0.3 is 29.7 Å². The minimum Gasteiger partial charge on any atom is -0.472 e. The van der Waals surface area contributed by atoms with Crippen LogP contribution in [0.4, 0.5) is 4.79 Å². The average molecular weight is 672 g/mol. The number of amides is 3. The summed E-state index contributed by atoms with van der Waals surface area (Å²) in [5.74, 6) is -1.25. The summed E-state index contributed by atoms with van der Waals surface area (Å²) in [6.07, 6.45) is 8.48. The monoisotopic (exact) mass is 671 g/mol. The number of hydrogen-bond acceptors (Lipinski definition) is 9. The third-order valence-corrected chi connectivity index (χ3v) is 9.29. The van der Waals surface area contributed by atoms with Gasteiger partial charge >= 0.3 is 12.1 Å². The van der Waals surface area contributed by atoms with E-state index >= 15 is 0 Å². The van der Waals surface area contributed by atoms with Crippen molar-refractivity contribution >= 4 is 45.7 Å². The summed E-state index contributed by atoms with van der Waals surface area (Å²) >= 11 is 0. The number of carbonyl (C=O) groups excluding carboxylic acids is 4. The van der Waals surface area contributed by atoms with Gasteiger partial charge in [-0.15, -0.1) is 0 Å². The van der Waals surface area contributed by atoms with E-state index < -0.39 is 53.2 Å². The van der Waals surface area contributed by atoms with Gasteiger partial charge in [0.05, 0.1) is 13.2 Å². The van der Waals surface area contributed by atoms with Crippen molar-refractivity contribution in [1.29, 1.82) is 0 Å². The van der Waals surface area contributed by atoms with Gasteiger partial charge in [-0.05, 0) is 77.0 Å². The molecule has 12 nitrogen and oxygen atoms in total. The fraction of sp³-hybridized carbons (Fsp3) is 0.514. The maximum atomic E-state index is 14.4. The van der Waals surface area contributed by atoms with E-state index in [0.717, 1.165) is 35.4 Å². The molecule has 6 rings (SSSR count). The molecule has 2 fully saturated rings. The number of nitrogens with one attached hydrogen (secondary N) is 2. The van der Waals surface area contributed by atoms with Gasteiger partial charge in [-0.2, -0.15) is 4.98 Å². The van der Waals surface area contributed by atoms with Crippen LogP contribution >= 0.6 is 0 Å². The lowest BCUT2D eigenvalue weighted by Crippen LogP contribution is -2.56. The first-order valence-corrected chi connectivity index (χ1v) is 17.2. The van der Waals surface area contributed by atoms with Gasteiger partial charge in [-0.25, -0.2) is 14.6 Å². The molecule has 5 atom stereocenters. The molecule has 3 aromatic rings. The van der Waals surface area contributed by atoms with Crippen molar-refractivity contribution in [1.82, 2.24) is 25.5 Å². The zero-order valence-electron chi connectivity index (χ0n) is 28.6. The van der Waals surface area contributed by atoms with Crippen LogP contribution in [-0.2, 0) is 23.9 Å². The second-order valence-corrected chi connectivity index (χ2v) is 14.1. The molecule has 1 saturated heterocycles. The number of carbonyl (C=O) groups is 4. The standard InChI is InChI=1S/C37H45N5O7/c1-5-47-34(45)37-21-23(37)14-9-7-6-8-10-18-28(39-35(46)49-36(2,3)4)33(44)42-22-24(20-29(42)31(43)41-37)48-32-27-16-12-11-15-25(27)26-17-13-19-38-30(26)40-32/h9,11-17,19,23-24,28-29H,5-8,10,18,20-22H2,1-4H3,(H,39,46)(H,41,43)/t23-,24-,28+,29+,37-/m1/s1. The summed E-state index contributed by atoms with van der Waals surface area (Å²) < 4.78 is 17.4. The van der Waals surface area contributed by atoms with Gasteiger partial charge in [0.25, 0.3) is 0 Å². The quantitative estimate of drug-likeness (QED) is 0.218. The molecule has 0 spiro atoms. The number of ether oxygens (including phenoxy) is 3. The summed E-state index contributed by atoms with van der Waals surface area (Å²) in [7, 11) is 0. The number of esters is 1. The van der Waals surface area contributed by atoms with Crippen LogP contribution in [0.15, 0.2) is 54.7 Å². The first-order chi connectivity index (χ1) is 23.5. The van der Waals surface area contributed by atoms with E-state index in [1.165, 1.54) is 4.90 Å². The average Bonchev–Trinajstić information content (AvgIpc) is 3.59. The molecule has 3 aliphatic rings. The van der Waals surface area contributed by atoms with E-state index in [2.05, 4.69) is 15.6 Å². The third kappa shape index (κ3) is 7.47. The molecule has 12 heteroatoms. The number of aromatic nitrogens is 2. The van der Waals surface area contributed by atoms with Crippen LogP contribution in [0, 0.1) is 5.92 Å². The van der Waals surface area contributed by atoms with E-state index in [9.17, 15) is 19.2 Å². The van der Waals surface area contributed by atoms with Crippen LogP contribution in [-0.4, -0.2) is 81.2 Å². The van der Waals surface area contributed by atoms with Gasteiger partial charge in [0.15, 0.2) is 5.65 Å². The second-order valence-electron chi connectivity index (χ2n) is 14.1. The first kappa shape index (κ1) is 34.1. The molecule has 2 aliphatic heterocycles. The van der Waals surface area contributed by atoms with Crippen molar-refractivity contribution in [2.75, 3.05) is 13.2 Å². The Bertz CT molecular complexity index is 1770. The Morgan fingerprint density at radius 3 is 2.61 bits per heavy atom. The molecule has 1 aliphatic carbocycles. The minimum atomic E-state index is -1.20. The van der Waals surface area contributed by atoms with Crippen molar-refractivity contribution < 1.29 is 33.4 Å². The topological polar surface area (TPSA) is 149 Å². The first-order valence-electron chi connectivity index (χ1n) is 17.2. The molecule has 1 saturated carbocycles. The Morgan fingerprint density at radius 2 is 1.84 bits per heavy atom. The Labute approximate surface area is 285 Å². The molecular weight excluding hydrogens is 626 g/mol. The number of pyridine rings is 2. The number of alkyl carbamates (subject to hydrolysis) is 1. The van der Waals surface area contributed by atoms with E-state index in [-0.39, 0.29) is 25.5 Å². The Balaban J connectivity index is 1.33. The number of rotatable bonds is 5. The highest BCUT2D eigenvalue weighted by Gasteiger charge is 2.62. The van der Waals surface area contributed by atoms with Crippen LogP contribution in [0.5, 0.6) is 5.88 Å². The summed E-state index contributed by atoms with van der Waals surface area (Å²) in [5.41, 5.74) is -1.45. The summed E-state index contributed by atoms with van der Waals surface area (Å²) in [4.78, 5) is 65.4. The van der Waals surface area contributed by atoms with Crippen LogP contribution in [0.25, 0.3) is 21.8 Å². The van der Waals surface area contributed by atoms with E-state index in [4.69, 9.17) is 19.2 Å². The lowest BCUT2D eigenvalue weighted by atomic mass is 10.0. The van der Waals surface area contributed by atoms with Gasteiger partial charge in [-0.3, -0.25) is 9.59 Å². The molecule has 0 unspecified atom stereocenters. The largest absolute Gasteiger partial charge is 0.472 e. The Kier molecular flexibility index (Phi) is 9.76. The molecule has 0 bridgehead atoms. The van der Waals surface area contributed by atoms with Crippen molar-refractivity contribution in [2.45, 2.75) is 102 Å². The fourth-order valence-corrected chi connectivity index (χ4v) is 6.85. The molecule has 4 heterocycles. The normalized spacial score (nSPS) is 26.2. The summed E-state index contributed by atoms with van der Waals surface area (Å²) in [6, 6.07) is 9.63. The summed E-state index contributed by atoms with van der Waals surface area (Å²) in [6.45, 7) is 7.24. The zero-order chi connectivity index (χ0) is 34.8. The highest BCUT2D eigenvalue weighted by molar-refractivity contribution is 6.06. The smallest absolute Gasteiger partial charge is 0.408 e. The number of benzene rings is 1. The molecule has 260 valence electrons. The van der Waals surface area contributed by atoms with Gasteiger partial charge in [0, 0.05) is 29.3 Å². The van der Waals surface area contributed by atoms with Gasteiger partial charge in [-0.1, -0.05) is 43.2 Å². The maximum absolute atomic E-state index is 14.4. The molecule has 3 amide bonds. The second kappa shape index (κ2) is 14.0. The van der Waals surface area contributed by atoms with Crippen LogP contribution in [0.3, 0.4) is 0 Å². The van der Waals surface area contributed by atoms with E-state index in [1.807, 2.05) is 48.6 Å². The third-order valence-electron chi connectivity index (χ3n) is 9.29. The predicted octanol–water partition coefficient (Wildman–Crippen LogP) is 4.98. The number of fused-ring (bicyclic) bond motifs is 5. The Morgan fingerprint density at radius 1 is 1.06 bits per heavy atom. The van der Waals surface area contributed by atoms with E-state index in [1.54, 1.807) is 33.9 Å². The molecule has 49 heavy (non-hydrogen) atoms. The molecule has 1 aromatic carbocycles. The number of allylic oxidation sites excluding steroid dienone is 1. The van der Waals surface area contributed by atoms with Gasteiger partial charge in [0.1, 0.15) is 29.3 Å². The maximum Gasteiger partial charge on any atom is 0.408 e. The van der Waals surface area contributed by atoms with E-state index in [0.29, 0.717) is 30.8 Å². The fourth-order valence-electron chi connectivity index (χ4n) is 6.85. The highest BCUT2D eigenvalue weighted by atomic mass is 16.6. The van der Waals surface area contributed by atoms with Crippen molar-refractivity contribution in [2.24, 2.45) is 5.92 Å². The predicted molar refractivity (Wildman–Crippen MR) is 183 cm³/mol. The van der Waals surface area contributed by atoms with Gasteiger partial charge in [0.2, 0.25) is 17.7 Å². The lowest BCUT2D eigenvalue weighted by molar-refractivity contribution is -0.150. The number of nitrogens with zero attached hydrogens (tertiary/aromatic N) is 3. The summed E-state index contributed by atoms with van der Waals surface area (Å²) in [5, 5.41) is 8.35. The SMILES string of the molecule is CCOC(=O)[C@@]12C[C@H]1C=CCCCCC[C@H](NC(=O)OC(C)(C)C)C(=O)N1C[C@H](Oc3nc4ncccc4c4ccccc34)C[C@H]1C(=O)N2. The molecule has 2 aromatic heterocycles. The van der Waals surface area contributed by atoms with Crippen LogP contribution in [0.1, 0.15) is 72.6 Å². The van der Waals surface area contributed by atoms with Crippen LogP contribution in [0.2, 0.25) is 0 Å².